The predicted octanol–water partition coefficient (Wildman–Crippen LogP) is 2.49. The van der Waals surface area contributed by atoms with Crippen molar-refractivity contribution in [2.45, 2.75) is 6.54 Å². The Morgan fingerprint density at radius 1 is 1.33 bits per heavy atom. The van der Waals surface area contributed by atoms with Crippen molar-refractivity contribution in [1.82, 2.24) is 14.5 Å². The van der Waals surface area contributed by atoms with Crippen molar-refractivity contribution in [2.24, 2.45) is 7.05 Å². The van der Waals surface area contributed by atoms with Crippen LogP contribution in [0.1, 0.15) is 5.82 Å². The normalized spacial score (nSPS) is 10.7. The molecule has 0 saturated heterocycles. The summed E-state index contributed by atoms with van der Waals surface area (Å²) >= 11 is 0. The molecule has 2 heterocycles. The monoisotopic (exact) mass is 283 g/mol. The van der Waals surface area contributed by atoms with Gasteiger partial charge in [0.2, 0.25) is 0 Å². The van der Waals surface area contributed by atoms with E-state index in [1.165, 1.54) is 12.1 Å². The fourth-order valence-electron chi connectivity index (χ4n) is 2.06. The quantitative estimate of drug-likeness (QED) is 0.587. The molecule has 1 N–H and O–H groups in total. The summed E-state index contributed by atoms with van der Waals surface area (Å²) in [7, 11) is 1.93. The summed E-state index contributed by atoms with van der Waals surface area (Å²) in [4.78, 5) is 19.0. The molecule has 7 nitrogen and oxygen atoms in total. The molecule has 1 aromatic carbocycles. The maximum atomic E-state index is 10.7. The molecule has 0 radical (unpaired) electrons. The molecule has 0 amide bonds. The number of pyridine rings is 1. The first kappa shape index (κ1) is 13.0. The maximum absolute atomic E-state index is 10.7. The SMILES string of the molecule is Cn1ccnc1CNc1ccc2cc([N+](=O)[O-])ccc2n1. The van der Waals surface area contributed by atoms with Gasteiger partial charge in [-0.2, -0.15) is 0 Å². The van der Waals surface area contributed by atoms with E-state index in [9.17, 15) is 10.1 Å². The van der Waals surface area contributed by atoms with Gasteiger partial charge in [-0.1, -0.05) is 0 Å². The van der Waals surface area contributed by atoms with Gasteiger partial charge in [0.05, 0.1) is 17.0 Å². The molecule has 0 spiro atoms. The Labute approximate surface area is 120 Å². The lowest BCUT2D eigenvalue weighted by Gasteiger charge is -2.06. The number of hydrogen-bond acceptors (Lipinski definition) is 5. The fourth-order valence-corrected chi connectivity index (χ4v) is 2.06. The van der Waals surface area contributed by atoms with E-state index in [4.69, 9.17) is 0 Å². The maximum Gasteiger partial charge on any atom is 0.270 e. The summed E-state index contributed by atoms with van der Waals surface area (Å²) in [6.07, 6.45) is 3.62. The molecule has 0 aliphatic heterocycles. The number of nitro groups is 1. The van der Waals surface area contributed by atoms with Gasteiger partial charge in [-0.15, -0.1) is 0 Å². The Balaban J connectivity index is 1.82. The third-order valence-corrected chi connectivity index (χ3v) is 3.23. The van der Waals surface area contributed by atoms with Crippen LogP contribution in [0.25, 0.3) is 10.9 Å². The summed E-state index contributed by atoms with van der Waals surface area (Å²) in [5.41, 5.74) is 0.781. The van der Waals surface area contributed by atoms with Crippen LogP contribution in [0, 0.1) is 10.1 Å². The minimum atomic E-state index is -0.410. The van der Waals surface area contributed by atoms with Crippen molar-refractivity contribution in [3.8, 4) is 0 Å². The molecule has 0 unspecified atom stereocenters. The third-order valence-electron chi connectivity index (χ3n) is 3.23. The molecule has 0 aliphatic rings. The Morgan fingerprint density at radius 2 is 2.19 bits per heavy atom. The second kappa shape index (κ2) is 5.20. The van der Waals surface area contributed by atoms with Crippen LogP contribution in [0.3, 0.4) is 0 Å². The van der Waals surface area contributed by atoms with Crippen molar-refractivity contribution in [3.05, 3.63) is 58.7 Å². The average molecular weight is 283 g/mol. The largest absolute Gasteiger partial charge is 0.363 e. The summed E-state index contributed by atoms with van der Waals surface area (Å²) < 4.78 is 1.93. The molecular formula is C14H13N5O2. The van der Waals surface area contributed by atoms with Gasteiger partial charge in [0, 0.05) is 37.0 Å². The van der Waals surface area contributed by atoms with E-state index in [2.05, 4.69) is 15.3 Å². The van der Waals surface area contributed by atoms with Crippen LogP contribution in [-0.2, 0) is 13.6 Å². The van der Waals surface area contributed by atoms with Crippen molar-refractivity contribution < 1.29 is 4.92 Å². The number of rotatable bonds is 4. The average Bonchev–Trinajstić information content (AvgIpc) is 2.89. The summed E-state index contributed by atoms with van der Waals surface area (Å²) in [6, 6.07) is 8.24. The van der Waals surface area contributed by atoms with Crippen LogP contribution in [0.15, 0.2) is 42.7 Å². The lowest BCUT2D eigenvalue weighted by molar-refractivity contribution is -0.384. The summed E-state index contributed by atoms with van der Waals surface area (Å²) in [5.74, 6) is 1.61. The van der Waals surface area contributed by atoms with Crippen LogP contribution in [0.2, 0.25) is 0 Å². The predicted molar refractivity (Wildman–Crippen MR) is 78.9 cm³/mol. The van der Waals surface area contributed by atoms with E-state index in [0.717, 1.165) is 11.2 Å². The van der Waals surface area contributed by atoms with Crippen LogP contribution in [-0.4, -0.2) is 19.5 Å². The van der Waals surface area contributed by atoms with Crippen LogP contribution in [0.4, 0.5) is 11.5 Å². The Kier molecular flexibility index (Phi) is 3.23. The minimum absolute atomic E-state index is 0.0676. The van der Waals surface area contributed by atoms with E-state index >= 15 is 0 Å². The molecule has 21 heavy (non-hydrogen) atoms. The van der Waals surface area contributed by atoms with Crippen molar-refractivity contribution in [3.63, 3.8) is 0 Å². The van der Waals surface area contributed by atoms with Crippen LogP contribution >= 0.6 is 0 Å². The molecule has 3 rings (SSSR count). The van der Waals surface area contributed by atoms with Crippen molar-refractivity contribution >= 4 is 22.4 Å². The van der Waals surface area contributed by atoms with Gasteiger partial charge in [0.15, 0.2) is 0 Å². The van der Waals surface area contributed by atoms with Crippen molar-refractivity contribution in [2.75, 3.05) is 5.32 Å². The highest BCUT2D eigenvalue weighted by Crippen LogP contribution is 2.21. The number of imidazole rings is 1. The van der Waals surface area contributed by atoms with Crippen LogP contribution in [0.5, 0.6) is 0 Å². The van der Waals surface area contributed by atoms with Crippen LogP contribution < -0.4 is 5.32 Å². The molecule has 0 bridgehead atoms. The number of aryl methyl sites for hydroxylation is 1. The zero-order chi connectivity index (χ0) is 14.8. The number of non-ortho nitro benzene ring substituents is 1. The number of fused-ring (bicyclic) bond motifs is 1. The minimum Gasteiger partial charge on any atom is -0.363 e. The number of hydrogen-bond donors (Lipinski definition) is 1. The topological polar surface area (TPSA) is 85.9 Å². The first-order valence-corrected chi connectivity index (χ1v) is 6.39. The van der Waals surface area contributed by atoms with Gasteiger partial charge in [-0.25, -0.2) is 9.97 Å². The third kappa shape index (κ3) is 2.66. The van der Waals surface area contributed by atoms with E-state index < -0.39 is 4.92 Å². The van der Waals surface area contributed by atoms with Crippen molar-refractivity contribution in [1.29, 1.82) is 0 Å². The molecule has 0 saturated carbocycles. The molecule has 2 aromatic heterocycles. The Morgan fingerprint density at radius 3 is 2.90 bits per heavy atom. The highest BCUT2D eigenvalue weighted by molar-refractivity contribution is 5.82. The smallest absolute Gasteiger partial charge is 0.270 e. The highest BCUT2D eigenvalue weighted by atomic mass is 16.6. The summed E-state index contributed by atoms with van der Waals surface area (Å²) in [5, 5.41) is 14.7. The lowest BCUT2D eigenvalue weighted by Crippen LogP contribution is -2.06. The number of aromatic nitrogens is 3. The Bertz CT molecular complexity index is 812. The molecule has 0 fully saturated rings. The summed E-state index contributed by atoms with van der Waals surface area (Å²) in [6.45, 7) is 0.564. The highest BCUT2D eigenvalue weighted by Gasteiger charge is 2.07. The molecule has 3 aromatic rings. The zero-order valence-corrected chi connectivity index (χ0v) is 11.4. The van der Waals surface area contributed by atoms with E-state index in [1.54, 1.807) is 18.3 Å². The zero-order valence-electron chi connectivity index (χ0n) is 11.4. The number of anilines is 1. The second-order valence-electron chi connectivity index (χ2n) is 4.64. The van der Waals surface area contributed by atoms with Gasteiger partial charge >= 0.3 is 0 Å². The van der Waals surface area contributed by atoms with E-state index in [0.29, 0.717) is 17.9 Å². The Hall–Kier alpha value is -2.96. The van der Waals surface area contributed by atoms with E-state index in [1.807, 2.05) is 23.9 Å². The molecule has 106 valence electrons. The first-order valence-electron chi connectivity index (χ1n) is 6.39. The number of nitrogens with one attached hydrogen (secondary N) is 1. The first-order chi connectivity index (χ1) is 10.1. The number of benzene rings is 1. The lowest BCUT2D eigenvalue weighted by atomic mass is 10.2. The van der Waals surface area contributed by atoms with Gasteiger partial charge < -0.3 is 9.88 Å². The van der Waals surface area contributed by atoms with Gasteiger partial charge in [0.1, 0.15) is 11.6 Å². The standard InChI is InChI=1S/C14H13N5O2/c1-18-7-6-15-14(18)9-16-13-5-2-10-8-11(19(20)21)3-4-12(10)17-13/h2-8H,9H2,1H3,(H,16,17). The van der Waals surface area contributed by atoms with Gasteiger partial charge in [0.25, 0.3) is 5.69 Å². The van der Waals surface area contributed by atoms with Gasteiger partial charge in [-0.05, 0) is 18.2 Å². The van der Waals surface area contributed by atoms with E-state index in [-0.39, 0.29) is 5.69 Å². The fraction of sp³-hybridized carbons (Fsp3) is 0.143. The number of nitrogens with zero attached hydrogens (tertiary/aromatic N) is 4. The molecular weight excluding hydrogens is 270 g/mol. The van der Waals surface area contributed by atoms with Gasteiger partial charge in [-0.3, -0.25) is 10.1 Å². The molecule has 0 aliphatic carbocycles. The molecule has 0 atom stereocenters. The number of nitro benzene ring substituents is 1. The molecule has 7 heteroatoms. The second-order valence-corrected chi connectivity index (χ2v) is 4.64.